The molecule has 4 heteroatoms. The van der Waals surface area contributed by atoms with E-state index in [4.69, 9.17) is 5.11 Å². The SMILES string of the molecule is CCCCN(CCCC)c1ccccc1CC(=O)O.Cl. The van der Waals surface area contributed by atoms with E-state index in [-0.39, 0.29) is 18.8 Å². The smallest absolute Gasteiger partial charge is 0.307 e. The second-order valence-corrected chi connectivity index (χ2v) is 4.89. The van der Waals surface area contributed by atoms with Crippen molar-refractivity contribution in [2.75, 3.05) is 18.0 Å². The first kappa shape index (κ1) is 18.8. The zero-order valence-corrected chi connectivity index (χ0v) is 13.3. The molecule has 1 aromatic rings. The van der Waals surface area contributed by atoms with Crippen LogP contribution in [0.5, 0.6) is 0 Å². The third-order valence-corrected chi connectivity index (χ3v) is 3.24. The highest BCUT2D eigenvalue weighted by Crippen LogP contribution is 2.22. The van der Waals surface area contributed by atoms with Gasteiger partial charge in [-0.15, -0.1) is 12.4 Å². The molecule has 0 fully saturated rings. The Hall–Kier alpha value is -1.22. The van der Waals surface area contributed by atoms with Crippen molar-refractivity contribution in [3.05, 3.63) is 29.8 Å². The van der Waals surface area contributed by atoms with Crippen molar-refractivity contribution in [2.24, 2.45) is 0 Å². The van der Waals surface area contributed by atoms with Crippen molar-refractivity contribution in [2.45, 2.75) is 46.0 Å². The fourth-order valence-corrected chi connectivity index (χ4v) is 2.18. The number of carbonyl (C=O) groups is 1. The number of unbranched alkanes of at least 4 members (excludes halogenated alkanes) is 2. The Morgan fingerprint density at radius 3 is 2.15 bits per heavy atom. The summed E-state index contributed by atoms with van der Waals surface area (Å²) < 4.78 is 0. The van der Waals surface area contributed by atoms with Gasteiger partial charge in [0.2, 0.25) is 0 Å². The summed E-state index contributed by atoms with van der Waals surface area (Å²) in [5.74, 6) is -0.765. The molecular weight excluding hydrogens is 274 g/mol. The molecule has 0 radical (unpaired) electrons. The number of hydrogen-bond donors (Lipinski definition) is 1. The molecule has 0 saturated heterocycles. The van der Waals surface area contributed by atoms with Gasteiger partial charge in [0.1, 0.15) is 0 Å². The van der Waals surface area contributed by atoms with Crippen molar-refractivity contribution >= 4 is 24.1 Å². The molecule has 0 aromatic heterocycles. The summed E-state index contributed by atoms with van der Waals surface area (Å²) >= 11 is 0. The zero-order valence-electron chi connectivity index (χ0n) is 12.5. The van der Waals surface area contributed by atoms with Gasteiger partial charge in [0.25, 0.3) is 0 Å². The Bertz CT molecular complexity index is 388. The zero-order chi connectivity index (χ0) is 14.1. The summed E-state index contributed by atoms with van der Waals surface area (Å²) in [4.78, 5) is 13.3. The number of rotatable bonds is 9. The van der Waals surface area contributed by atoms with Crippen LogP contribution in [0.1, 0.15) is 45.1 Å². The fourth-order valence-electron chi connectivity index (χ4n) is 2.18. The van der Waals surface area contributed by atoms with E-state index in [1.165, 1.54) is 0 Å². The van der Waals surface area contributed by atoms with Gasteiger partial charge < -0.3 is 10.0 Å². The normalized spacial score (nSPS) is 9.90. The van der Waals surface area contributed by atoms with E-state index < -0.39 is 5.97 Å². The third-order valence-electron chi connectivity index (χ3n) is 3.24. The largest absolute Gasteiger partial charge is 0.481 e. The number of hydrogen-bond acceptors (Lipinski definition) is 2. The molecule has 0 saturated carbocycles. The first-order valence-electron chi connectivity index (χ1n) is 7.23. The Labute approximate surface area is 128 Å². The molecule has 0 amide bonds. The van der Waals surface area contributed by atoms with E-state index in [2.05, 4.69) is 18.7 Å². The minimum absolute atomic E-state index is 0. The fraction of sp³-hybridized carbons (Fsp3) is 0.562. The summed E-state index contributed by atoms with van der Waals surface area (Å²) in [7, 11) is 0. The van der Waals surface area contributed by atoms with Gasteiger partial charge in [0.05, 0.1) is 6.42 Å². The van der Waals surface area contributed by atoms with Gasteiger partial charge in [-0.1, -0.05) is 44.9 Å². The molecule has 1 rings (SSSR count). The number of nitrogens with zero attached hydrogens (tertiary/aromatic N) is 1. The topological polar surface area (TPSA) is 40.5 Å². The summed E-state index contributed by atoms with van der Waals surface area (Å²) in [6.45, 7) is 6.38. The number of halogens is 1. The lowest BCUT2D eigenvalue weighted by molar-refractivity contribution is -0.136. The van der Waals surface area contributed by atoms with Gasteiger partial charge in [-0.3, -0.25) is 4.79 Å². The quantitative estimate of drug-likeness (QED) is 0.745. The highest BCUT2D eigenvalue weighted by Gasteiger charge is 2.12. The Morgan fingerprint density at radius 2 is 1.65 bits per heavy atom. The number of anilines is 1. The standard InChI is InChI=1S/C16H25NO2.ClH/c1-3-5-11-17(12-6-4-2)15-10-8-7-9-14(15)13-16(18)19;/h7-10H,3-6,11-13H2,1-2H3,(H,18,19);1H. The van der Waals surface area contributed by atoms with E-state index in [1.54, 1.807) is 0 Å². The number of carboxylic acids is 1. The van der Waals surface area contributed by atoms with E-state index in [0.29, 0.717) is 0 Å². The van der Waals surface area contributed by atoms with Crippen LogP contribution in [0.3, 0.4) is 0 Å². The van der Waals surface area contributed by atoms with E-state index in [0.717, 1.165) is 50.0 Å². The number of aliphatic carboxylic acids is 1. The molecule has 3 nitrogen and oxygen atoms in total. The average molecular weight is 300 g/mol. The molecule has 1 N–H and O–H groups in total. The van der Waals surface area contributed by atoms with Gasteiger partial charge in [-0.2, -0.15) is 0 Å². The van der Waals surface area contributed by atoms with Gasteiger partial charge in [0, 0.05) is 18.8 Å². The maximum Gasteiger partial charge on any atom is 0.307 e. The van der Waals surface area contributed by atoms with Crippen molar-refractivity contribution in [3.8, 4) is 0 Å². The van der Waals surface area contributed by atoms with Crippen LogP contribution in [0.2, 0.25) is 0 Å². The van der Waals surface area contributed by atoms with Gasteiger partial charge >= 0.3 is 5.97 Å². The molecule has 0 aliphatic rings. The van der Waals surface area contributed by atoms with Crippen LogP contribution >= 0.6 is 12.4 Å². The summed E-state index contributed by atoms with van der Waals surface area (Å²) in [6, 6.07) is 7.88. The third kappa shape index (κ3) is 6.29. The van der Waals surface area contributed by atoms with Crippen LogP contribution in [-0.2, 0) is 11.2 Å². The maximum absolute atomic E-state index is 11.0. The van der Waals surface area contributed by atoms with Crippen LogP contribution < -0.4 is 4.90 Å². The maximum atomic E-state index is 11.0. The summed E-state index contributed by atoms with van der Waals surface area (Å²) in [5, 5.41) is 9.01. The Kier molecular flexibility index (Phi) is 9.91. The van der Waals surface area contributed by atoms with E-state index in [1.807, 2.05) is 24.3 Å². The first-order chi connectivity index (χ1) is 9.19. The molecule has 0 bridgehead atoms. The predicted molar refractivity (Wildman–Crippen MR) is 87.1 cm³/mol. The van der Waals surface area contributed by atoms with Crippen molar-refractivity contribution in [1.82, 2.24) is 0 Å². The summed E-state index contributed by atoms with van der Waals surface area (Å²) in [6.07, 6.45) is 4.70. The Morgan fingerprint density at radius 1 is 1.10 bits per heavy atom. The predicted octanol–water partition coefficient (Wildman–Crippen LogP) is 4.14. The summed E-state index contributed by atoms with van der Waals surface area (Å²) in [5.41, 5.74) is 2.01. The number of carboxylic acid groups (broad SMARTS) is 1. The lowest BCUT2D eigenvalue weighted by Crippen LogP contribution is -2.27. The molecule has 0 atom stereocenters. The van der Waals surface area contributed by atoms with Gasteiger partial charge in [-0.05, 0) is 24.5 Å². The molecule has 0 unspecified atom stereocenters. The van der Waals surface area contributed by atoms with Crippen molar-refractivity contribution in [1.29, 1.82) is 0 Å². The minimum atomic E-state index is -0.765. The van der Waals surface area contributed by atoms with E-state index >= 15 is 0 Å². The lowest BCUT2D eigenvalue weighted by Gasteiger charge is -2.26. The van der Waals surface area contributed by atoms with E-state index in [9.17, 15) is 4.79 Å². The number of para-hydroxylation sites is 1. The molecule has 20 heavy (non-hydrogen) atoms. The molecule has 0 spiro atoms. The number of benzene rings is 1. The highest BCUT2D eigenvalue weighted by atomic mass is 35.5. The van der Waals surface area contributed by atoms with Crippen molar-refractivity contribution in [3.63, 3.8) is 0 Å². The monoisotopic (exact) mass is 299 g/mol. The van der Waals surface area contributed by atoms with Crippen LogP contribution in [0.4, 0.5) is 5.69 Å². The lowest BCUT2D eigenvalue weighted by atomic mass is 10.1. The van der Waals surface area contributed by atoms with Crippen LogP contribution in [-0.4, -0.2) is 24.2 Å². The average Bonchev–Trinajstić information content (AvgIpc) is 2.39. The van der Waals surface area contributed by atoms with Crippen molar-refractivity contribution < 1.29 is 9.90 Å². The Balaban J connectivity index is 0.00000361. The molecule has 0 aliphatic heterocycles. The highest BCUT2D eigenvalue weighted by molar-refractivity contribution is 5.85. The van der Waals surface area contributed by atoms with Crippen LogP contribution in [0.25, 0.3) is 0 Å². The molecule has 0 aliphatic carbocycles. The molecule has 0 heterocycles. The first-order valence-corrected chi connectivity index (χ1v) is 7.23. The van der Waals surface area contributed by atoms with Crippen LogP contribution in [0.15, 0.2) is 24.3 Å². The van der Waals surface area contributed by atoms with Gasteiger partial charge in [-0.25, -0.2) is 0 Å². The second kappa shape index (κ2) is 10.6. The van der Waals surface area contributed by atoms with Gasteiger partial charge in [0.15, 0.2) is 0 Å². The molecular formula is C16H26ClNO2. The van der Waals surface area contributed by atoms with Crippen LogP contribution in [0, 0.1) is 0 Å². The minimum Gasteiger partial charge on any atom is -0.481 e. The molecule has 114 valence electrons. The second-order valence-electron chi connectivity index (χ2n) is 4.89. The molecule has 1 aromatic carbocycles.